The lowest BCUT2D eigenvalue weighted by atomic mass is 10.2. The molecule has 2 aromatic heterocycles. The Morgan fingerprint density at radius 2 is 2.00 bits per heavy atom. The number of fused-ring (bicyclic) bond motifs is 2. The molecule has 1 amide bonds. The van der Waals surface area contributed by atoms with E-state index < -0.39 is 0 Å². The fourth-order valence-electron chi connectivity index (χ4n) is 3.46. The molecule has 4 N–H and O–H groups in total. The Morgan fingerprint density at radius 1 is 1.16 bits per heavy atom. The number of carbonyl (C=O) groups is 1. The monoisotopic (exact) mass is 437 g/mol. The molecule has 4 rings (SSSR count). The Hall–Kier alpha value is -3.66. The summed E-state index contributed by atoms with van der Waals surface area (Å²) in [5.41, 5.74) is 1.72. The van der Waals surface area contributed by atoms with E-state index in [9.17, 15) is 9.90 Å². The fraction of sp³-hybridized carbons (Fsp3) is 0.364. The maximum atomic E-state index is 12.0. The van der Waals surface area contributed by atoms with Crippen LogP contribution in [-0.2, 0) is 4.79 Å². The molecular weight excluding hydrogens is 410 g/mol. The van der Waals surface area contributed by atoms with Gasteiger partial charge in [0, 0.05) is 44.9 Å². The Kier molecular flexibility index (Phi) is 6.81. The van der Waals surface area contributed by atoms with E-state index in [1.807, 2.05) is 31.3 Å². The van der Waals surface area contributed by atoms with Crippen LogP contribution in [0.25, 0.3) is 11.0 Å². The van der Waals surface area contributed by atoms with Crippen LogP contribution in [0.4, 0.5) is 11.5 Å². The third kappa shape index (κ3) is 5.33. The highest BCUT2D eigenvalue weighted by atomic mass is 16.5. The second-order valence-electron chi connectivity index (χ2n) is 7.62. The lowest BCUT2D eigenvalue weighted by Crippen LogP contribution is -2.35. The molecular formula is C22H27N7O3. The van der Waals surface area contributed by atoms with Crippen LogP contribution in [0.1, 0.15) is 18.4 Å². The molecule has 1 aliphatic heterocycles. The molecule has 3 heterocycles. The predicted octanol–water partition coefficient (Wildman–Crippen LogP) is 2.05. The van der Waals surface area contributed by atoms with E-state index in [1.165, 1.54) is 6.33 Å². The number of aromatic amines is 1. The van der Waals surface area contributed by atoms with Crippen LogP contribution in [0.2, 0.25) is 0 Å². The fourth-order valence-corrected chi connectivity index (χ4v) is 3.46. The summed E-state index contributed by atoms with van der Waals surface area (Å²) < 4.78 is 5.77. The summed E-state index contributed by atoms with van der Waals surface area (Å²) in [4.78, 5) is 30.1. The first-order valence-corrected chi connectivity index (χ1v) is 10.6. The molecule has 168 valence electrons. The van der Waals surface area contributed by atoms with E-state index in [0.717, 1.165) is 13.1 Å². The minimum absolute atomic E-state index is 0.0188. The zero-order chi connectivity index (χ0) is 22.3. The quantitative estimate of drug-likeness (QED) is 0.424. The van der Waals surface area contributed by atoms with Gasteiger partial charge in [0.15, 0.2) is 5.88 Å². The van der Waals surface area contributed by atoms with Crippen molar-refractivity contribution >= 4 is 34.7 Å². The third-order valence-corrected chi connectivity index (χ3v) is 5.19. The lowest BCUT2D eigenvalue weighted by molar-refractivity contribution is -0.121. The van der Waals surface area contributed by atoms with Gasteiger partial charge in [0.2, 0.25) is 5.91 Å². The van der Waals surface area contributed by atoms with E-state index in [1.54, 1.807) is 6.21 Å². The molecule has 1 aromatic carbocycles. The van der Waals surface area contributed by atoms with Gasteiger partial charge >= 0.3 is 0 Å². The number of likely N-dealkylation sites (N-methyl/N-ethyl adjacent to an activating group) is 1. The van der Waals surface area contributed by atoms with Crippen LogP contribution < -0.4 is 15.4 Å². The molecule has 2 bridgehead atoms. The van der Waals surface area contributed by atoms with Gasteiger partial charge in [-0.05, 0) is 25.6 Å². The predicted molar refractivity (Wildman–Crippen MR) is 123 cm³/mol. The molecule has 0 unspecified atom stereocenters. The molecule has 0 fully saturated rings. The molecule has 10 nitrogen and oxygen atoms in total. The minimum Gasteiger partial charge on any atom is -0.494 e. The van der Waals surface area contributed by atoms with E-state index in [2.05, 4.69) is 35.5 Å². The Bertz CT molecular complexity index is 1110. The highest BCUT2D eigenvalue weighted by Gasteiger charge is 2.15. The molecule has 1 aliphatic rings. The number of hydrogen-bond donors (Lipinski definition) is 4. The SMILES string of the molecule is CN1CCNC(=O)CCCOc2cccc(c2)N=Cc2c(O)[nH]c3ncnc(c23)NCC1. The molecule has 0 spiro atoms. The first-order chi connectivity index (χ1) is 15.6. The number of rotatable bonds is 0. The third-order valence-electron chi connectivity index (χ3n) is 5.19. The summed E-state index contributed by atoms with van der Waals surface area (Å²) in [6, 6.07) is 7.36. The minimum atomic E-state index is -0.0188. The van der Waals surface area contributed by atoms with Crippen molar-refractivity contribution in [3.05, 3.63) is 36.2 Å². The van der Waals surface area contributed by atoms with Gasteiger partial charge in [-0.3, -0.25) is 9.79 Å². The number of anilines is 1. The zero-order valence-corrected chi connectivity index (χ0v) is 18.0. The second kappa shape index (κ2) is 10.1. The van der Waals surface area contributed by atoms with E-state index in [4.69, 9.17) is 4.74 Å². The van der Waals surface area contributed by atoms with E-state index in [-0.39, 0.29) is 11.8 Å². The highest BCUT2D eigenvalue weighted by molar-refractivity contribution is 6.06. The summed E-state index contributed by atoms with van der Waals surface area (Å²) in [6.45, 7) is 3.15. The van der Waals surface area contributed by atoms with Crippen LogP contribution in [-0.4, -0.2) is 76.9 Å². The largest absolute Gasteiger partial charge is 0.494 e. The van der Waals surface area contributed by atoms with Crippen LogP contribution in [0.5, 0.6) is 11.6 Å². The van der Waals surface area contributed by atoms with Crippen molar-refractivity contribution in [1.29, 1.82) is 0 Å². The van der Waals surface area contributed by atoms with E-state index >= 15 is 0 Å². The average Bonchev–Trinajstić information content (AvgIpc) is 3.11. The zero-order valence-electron chi connectivity index (χ0n) is 18.0. The Balaban J connectivity index is 1.62. The Morgan fingerprint density at radius 3 is 2.88 bits per heavy atom. The van der Waals surface area contributed by atoms with Gasteiger partial charge in [0.1, 0.15) is 23.5 Å². The summed E-state index contributed by atoms with van der Waals surface area (Å²) in [5.74, 6) is 1.29. The van der Waals surface area contributed by atoms with Crippen molar-refractivity contribution in [3.63, 3.8) is 0 Å². The van der Waals surface area contributed by atoms with Gasteiger partial charge in [-0.1, -0.05) is 6.07 Å². The van der Waals surface area contributed by atoms with Gasteiger partial charge in [-0.25, -0.2) is 9.97 Å². The molecule has 0 saturated carbocycles. The van der Waals surface area contributed by atoms with Gasteiger partial charge in [0.05, 0.1) is 23.2 Å². The smallest absolute Gasteiger partial charge is 0.220 e. The number of hydrogen-bond acceptors (Lipinski definition) is 8. The second-order valence-corrected chi connectivity index (χ2v) is 7.62. The summed E-state index contributed by atoms with van der Waals surface area (Å²) in [7, 11) is 2.00. The number of nitrogens with one attached hydrogen (secondary N) is 3. The summed E-state index contributed by atoms with van der Waals surface area (Å²) >= 11 is 0. The van der Waals surface area contributed by atoms with Crippen molar-refractivity contribution in [2.24, 2.45) is 4.99 Å². The number of aromatic nitrogens is 3. The lowest BCUT2D eigenvalue weighted by Gasteiger charge is -2.17. The van der Waals surface area contributed by atoms with E-state index in [0.29, 0.717) is 66.4 Å². The number of carbonyl (C=O) groups excluding carboxylic acids is 1. The number of amides is 1. The first kappa shape index (κ1) is 21.6. The highest BCUT2D eigenvalue weighted by Crippen LogP contribution is 2.30. The first-order valence-electron chi connectivity index (χ1n) is 10.6. The number of aliphatic imine (C=N–C) groups is 1. The van der Waals surface area contributed by atoms with Crippen molar-refractivity contribution < 1.29 is 14.6 Å². The summed E-state index contributed by atoms with van der Waals surface area (Å²) in [5, 5.41) is 17.4. The molecule has 3 aromatic rings. The molecule has 32 heavy (non-hydrogen) atoms. The van der Waals surface area contributed by atoms with Crippen molar-refractivity contribution in [2.75, 3.05) is 45.2 Å². The van der Waals surface area contributed by atoms with Gasteiger partial charge in [-0.15, -0.1) is 0 Å². The normalized spacial score (nSPS) is 16.7. The molecule has 0 atom stereocenters. The molecule has 10 heteroatoms. The van der Waals surface area contributed by atoms with Crippen LogP contribution in [0.3, 0.4) is 0 Å². The van der Waals surface area contributed by atoms with Crippen molar-refractivity contribution in [3.8, 4) is 11.6 Å². The van der Waals surface area contributed by atoms with Crippen molar-refractivity contribution in [1.82, 2.24) is 25.2 Å². The maximum Gasteiger partial charge on any atom is 0.220 e. The number of aromatic hydroxyl groups is 1. The van der Waals surface area contributed by atoms with Crippen LogP contribution in [0, 0.1) is 0 Å². The van der Waals surface area contributed by atoms with Gasteiger partial charge < -0.3 is 30.4 Å². The average molecular weight is 438 g/mol. The van der Waals surface area contributed by atoms with Crippen molar-refractivity contribution in [2.45, 2.75) is 12.8 Å². The molecule has 0 radical (unpaired) electrons. The standard InChI is InChI=1S/C22H27N7O3/c1-29-9-7-23-18(30)6-3-11-32-16-5-2-4-15(12-16)25-13-17-19-20(24-8-10-29)26-14-27-21(19)28-22(17)31/h2,4-5,12-14,31H,3,6-11H2,1H3,(H,23,30)(H2,24,26,27,28). The topological polar surface area (TPSA) is 128 Å². The summed E-state index contributed by atoms with van der Waals surface area (Å²) in [6.07, 6.45) is 4.09. The number of nitrogens with zero attached hydrogens (tertiary/aromatic N) is 4. The number of ether oxygens (including phenoxy) is 1. The molecule has 0 aliphatic carbocycles. The maximum absolute atomic E-state index is 12.0. The Labute approximate surface area is 185 Å². The number of H-pyrrole nitrogens is 1. The van der Waals surface area contributed by atoms with Gasteiger partial charge in [0.25, 0.3) is 0 Å². The van der Waals surface area contributed by atoms with Gasteiger partial charge in [-0.2, -0.15) is 0 Å². The van der Waals surface area contributed by atoms with Crippen LogP contribution >= 0.6 is 0 Å². The number of benzene rings is 1. The van der Waals surface area contributed by atoms with Crippen LogP contribution in [0.15, 0.2) is 35.6 Å². The molecule has 0 saturated heterocycles.